The van der Waals surface area contributed by atoms with Gasteiger partial charge in [0.1, 0.15) is 17.7 Å². The minimum Gasteiger partial charge on any atom is -0.497 e. The van der Waals surface area contributed by atoms with Gasteiger partial charge in [-0.3, -0.25) is 9.89 Å². The minimum absolute atomic E-state index is 0.152. The Morgan fingerprint density at radius 2 is 2.04 bits per heavy atom. The third-order valence-corrected chi connectivity index (χ3v) is 3.90. The fourth-order valence-corrected chi connectivity index (χ4v) is 2.54. The highest BCUT2D eigenvalue weighted by Crippen LogP contribution is 2.20. The summed E-state index contributed by atoms with van der Waals surface area (Å²) in [5.74, 6) is 0.339. The Labute approximate surface area is 143 Å². The summed E-state index contributed by atoms with van der Waals surface area (Å²) in [5, 5.41) is 18.4. The van der Waals surface area contributed by atoms with Crippen molar-refractivity contribution in [1.82, 2.24) is 20.5 Å². The van der Waals surface area contributed by atoms with Gasteiger partial charge in [-0.15, -0.1) is 0 Å². The second kappa shape index (κ2) is 7.31. The number of benzene rings is 1. The first kappa shape index (κ1) is 16.9. The van der Waals surface area contributed by atoms with Crippen LogP contribution in [0.4, 0.5) is 0 Å². The number of H-pyrrole nitrogens is 1. The second-order valence-corrected chi connectivity index (χ2v) is 5.58. The van der Waals surface area contributed by atoms with Gasteiger partial charge >= 0.3 is 5.97 Å². The maximum Gasteiger partial charge on any atom is 0.332 e. The van der Waals surface area contributed by atoms with E-state index in [0.29, 0.717) is 24.5 Å². The van der Waals surface area contributed by atoms with Crippen molar-refractivity contribution in [2.45, 2.75) is 31.6 Å². The highest BCUT2D eigenvalue weighted by molar-refractivity contribution is 5.82. The summed E-state index contributed by atoms with van der Waals surface area (Å²) in [6.45, 7) is 0.152. The van der Waals surface area contributed by atoms with Gasteiger partial charge in [-0.1, -0.05) is 0 Å². The molecule has 132 valence electrons. The van der Waals surface area contributed by atoms with Crippen molar-refractivity contribution < 1.29 is 24.2 Å². The van der Waals surface area contributed by atoms with Crippen molar-refractivity contribution in [2.75, 3.05) is 7.11 Å². The van der Waals surface area contributed by atoms with Gasteiger partial charge in [0.25, 0.3) is 0 Å². The molecule has 1 fully saturated rings. The lowest BCUT2D eigenvalue weighted by Crippen LogP contribution is -2.35. The van der Waals surface area contributed by atoms with Crippen LogP contribution in [0.15, 0.2) is 24.3 Å². The third kappa shape index (κ3) is 3.94. The Morgan fingerprint density at radius 1 is 1.32 bits per heavy atom. The van der Waals surface area contributed by atoms with Gasteiger partial charge in [0.05, 0.1) is 13.7 Å². The number of ether oxygens (including phenoxy) is 2. The molecule has 1 aliphatic heterocycles. The van der Waals surface area contributed by atoms with Crippen molar-refractivity contribution in [3.8, 4) is 17.1 Å². The molecule has 9 heteroatoms. The van der Waals surface area contributed by atoms with Crippen molar-refractivity contribution in [3.63, 3.8) is 0 Å². The van der Waals surface area contributed by atoms with Gasteiger partial charge in [-0.2, -0.15) is 5.10 Å². The monoisotopic (exact) mass is 346 g/mol. The van der Waals surface area contributed by atoms with Crippen LogP contribution in [0.1, 0.15) is 18.7 Å². The smallest absolute Gasteiger partial charge is 0.332 e. The molecule has 3 N–H and O–H groups in total. The first-order valence-electron chi connectivity index (χ1n) is 7.78. The van der Waals surface area contributed by atoms with Gasteiger partial charge in [0.2, 0.25) is 5.91 Å². The summed E-state index contributed by atoms with van der Waals surface area (Å²) in [5.41, 5.74) is 0.818. The number of aromatic amines is 1. The Morgan fingerprint density at radius 3 is 2.68 bits per heavy atom. The van der Waals surface area contributed by atoms with Crippen molar-refractivity contribution in [3.05, 3.63) is 30.1 Å². The number of carbonyl (C=O) groups is 2. The first-order valence-corrected chi connectivity index (χ1v) is 7.78. The van der Waals surface area contributed by atoms with Crippen LogP contribution in [0.3, 0.4) is 0 Å². The van der Waals surface area contributed by atoms with Crippen LogP contribution in [-0.4, -0.2) is 51.5 Å². The third-order valence-electron chi connectivity index (χ3n) is 3.90. The fraction of sp³-hybridized carbons (Fsp3) is 0.375. The van der Waals surface area contributed by atoms with Crippen LogP contribution in [0.2, 0.25) is 0 Å². The van der Waals surface area contributed by atoms with Crippen LogP contribution in [0.5, 0.6) is 5.75 Å². The van der Waals surface area contributed by atoms with Gasteiger partial charge in [0, 0.05) is 5.56 Å². The lowest BCUT2D eigenvalue weighted by Gasteiger charge is -2.10. The first-order chi connectivity index (χ1) is 12.1. The number of amides is 1. The molecule has 9 nitrogen and oxygen atoms in total. The van der Waals surface area contributed by atoms with Crippen molar-refractivity contribution >= 4 is 11.9 Å². The molecule has 0 saturated carbocycles. The summed E-state index contributed by atoms with van der Waals surface area (Å²) >= 11 is 0. The number of aromatic nitrogens is 3. The summed E-state index contributed by atoms with van der Waals surface area (Å²) in [6, 6.07) is 7.29. The average Bonchev–Trinajstić information content (AvgIpc) is 3.29. The molecule has 1 aromatic carbocycles. The Hall–Kier alpha value is -2.94. The summed E-state index contributed by atoms with van der Waals surface area (Å²) in [7, 11) is 1.59. The zero-order valence-corrected chi connectivity index (χ0v) is 13.6. The molecule has 1 saturated heterocycles. The Kier molecular flexibility index (Phi) is 4.94. The number of hydrogen-bond acceptors (Lipinski definition) is 6. The van der Waals surface area contributed by atoms with Crippen molar-refractivity contribution in [2.24, 2.45) is 0 Å². The number of methoxy groups -OCH3 is 1. The number of carboxylic acids is 1. The number of aliphatic carboxylic acids is 1. The van der Waals surface area contributed by atoms with Gasteiger partial charge in [-0.05, 0) is 37.1 Å². The molecule has 1 amide bonds. The van der Waals surface area contributed by atoms with E-state index in [4.69, 9.17) is 14.6 Å². The van der Waals surface area contributed by atoms with E-state index in [-0.39, 0.29) is 12.5 Å². The van der Waals surface area contributed by atoms with E-state index >= 15 is 0 Å². The highest BCUT2D eigenvalue weighted by atomic mass is 16.5. The SMILES string of the molecule is COc1ccc(-c2n[nH]c(CNC(=O)[C@@H]3CC[C@H](C(=O)O)O3)n2)cc1. The molecule has 0 aliphatic carbocycles. The molecule has 2 atom stereocenters. The Bertz CT molecular complexity index is 758. The van der Waals surface area contributed by atoms with Crippen LogP contribution in [0.25, 0.3) is 11.4 Å². The van der Waals surface area contributed by atoms with Crippen LogP contribution in [0, 0.1) is 0 Å². The number of nitrogens with one attached hydrogen (secondary N) is 2. The van der Waals surface area contributed by atoms with E-state index < -0.39 is 18.2 Å². The van der Waals surface area contributed by atoms with E-state index in [9.17, 15) is 9.59 Å². The van der Waals surface area contributed by atoms with Crippen LogP contribution in [-0.2, 0) is 20.9 Å². The largest absolute Gasteiger partial charge is 0.497 e. The van der Waals surface area contributed by atoms with Crippen LogP contribution >= 0.6 is 0 Å². The van der Waals surface area contributed by atoms with Gasteiger partial charge in [-0.25, -0.2) is 9.78 Å². The van der Waals surface area contributed by atoms with E-state index in [1.54, 1.807) is 7.11 Å². The lowest BCUT2D eigenvalue weighted by molar-refractivity contribution is -0.151. The van der Waals surface area contributed by atoms with Crippen LogP contribution < -0.4 is 10.1 Å². The van der Waals surface area contributed by atoms with E-state index in [2.05, 4.69) is 20.5 Å². The predicted molar refractivity (Wildman–Crippen MR) is 85.7 cm³/mol. The van der Waals surface area contributed by atoms with E-state index in [1.807, 2.05) is 24.3 Å². The van der Waals surface area contributed by atoms with E-state index in [0.717, 1.165) is 11.3 Å². The molecule has 1 aliphatic rings. The van der Waals surface area contributed by atoms with Gasteiger partial charge < -0.3 is 19.9 Å². The lowest BCUT2D eigenvalue weighted by atomic mass is 10.2. The standard InChI is InChI=1S/C16H18N4O5/c1-24-10-4-2-9(3-5-10)14-18-13(19-20-14)8-17-15(21)11-6-7-12(25-11)16(22)23/h2-5,11-12H,6-8H2,1H3,(H,17,21)(H,22,23)(H,18,19,20)/t11-,12+/m0/s1. The maximum absolute atomic E-state index is 12.0. The maximum atomic E-state index is 12.0. The summed E-state index contributed by atoms with van der Waals surface area (Å²) in [4.78, 5) is 27.2. The number of carbonyl (C=O) groups excluding carboxylic acids is 1. The predicted octanol–water partition coefficient (Wildman–Crippen LogP) is 0.729. The summed E-state index contributed by atoms with van der Waals surface area (Å²) < 4.78 is 10.3. The van der Waals surface area contributed by atoms with Gasteiger partial charge in [0.15, 0.2) is 11.9 Å². The highest BCUT2D eigenvalue weighted by Gasteiger charge is 2.34. The molecule has 25 heavy (non-hydrogen) atoms. The topological polar surface area (TPSA) is 126 Å². The summed E-state index contributed by atoms with van der Waals surface area (Å²) in [6.07, 6.45) is -0.944. The molecule has 0 unspecified atom stereocenters. The zero-order valence-electron chi connectivity index (χ0n) is 13.6. The molecule has 1 aromatic heterocycles. The molecule has 2 aromatic rings. The van der Waals surface area contributed by atoms with E-state index in [1.165, 1.54) is 0 Å². The molecule has 0 radical (unpaired) electrons. The number of rotatable bonds is 6. The molecular weight excluding hydrogens is 328 g/mol. The quantitative estimate of drug-likeness (QED) is 0.703. The molecule has 0 bridgehead atoms. The normalized spacial score (nSPS) is 19.6. The Balaban J connectivity index is 1.55. The molecular formula is C16H18N4O5. The minimum atomic E-state index is -1.05. The second-order valence-electron chi connectivity index (χ2n) is 5.58. The van der Waals surface area contributed by atoms with Crippen molar-refractivity contribution in [1.29, 1.82) is 0 Å². The zero-order chi connectivity index (χ0) is 17.8. The number of nitrogens with zero attached hydrogens (tertiary/aromatic N) is 2. The molecule has 3 rings (SSSR count). The molecule has 0 spiro atoms. The molecule has 2 heterocycles. The number of hydrogen-bond donors (Lipinski definition) is 3. The number of carboxylic acid groups (broad SMARTS) is 1. The fourth-order valence-electron chi connectivity index (χ4n) is 2.54. The average molecular weight is 346 g/mol.